The van der Waals surface area contributed by atoms with Crippen LogP contribution in [-0.4, -0.2) is 52.3 Å². The lowest BCUT2D eigenvalue weighted by atomic mass is 9.98. The predicted octanol–water partition coefficient (Wildman–Crippen LogP) is 5.82. The molecule has 1 aliphatic heterocycles. The highest BCUT2D eigenvalue weighted by Crippen LogP contribution is 2.38. The van der Waals surface area contributed by atoms with E-state index in [0.717, 1.165) is 29.8 Å². The Balaban J connectivity index is 1.25. The maximum atomic E-state index is 13.1. The lowest BCUT2D eigenvalue weighted by Crippen LogP contribution is -2.24. The number of ketones is 1. The largest absolute Gasteiger partial charge is 0.493 e. The Kier molecular flexibility index (Phi) is 8.43. The Bertz CT molecular complexity index is 1370. The first-order chi connectivity index (χ1) is 19.5. The molecule has 0 spiro atoms. The van der Waals surface area contributed by atoms with E-state index in [2.05, 4.69) is 0 Å². The van der Waals surface area contributed by atoms with E-state index in [1.807, 2.05) is 30.3 Å². The molecule has 1 heterocycles. The summed E-state index contributed by atoms with van der Waals surface area (Å²) in [6.45, 7) is 0.396. The van der Waals surface area contributed by atoms with E-state index < -0.39 is 0 Å². The second-order valence-electron chi connectivity index (χ2n) is 10.1. The Morgan fingerprint density at radius 3 is 2.33 bits per heavy atom. The minimum atomic E-state index is -0.196. The average molecular weight is 546 g/mol. The van der Waals surface area contributed by atoms with Crippen LogP contribution in [0.15, 0.2) is 60.7 Å². The van der Waals surface area contributed by atoms with Crippen molar-refractivity contribution in [2.24, 2.45) is 0 Å². The average Bonchev–Trinajstić information content (AvgIpc) is 3.65. The summed E-state index contributed by atoms with van der Waals surface area (Å²) in [4.78, 5) is 27.6. The molecular formula is C32H35NO7. The summed E-state index contributed by atoms with van der Waals surface area (Å²) >= 11 is 0. The first kappa shape index (κ1) is 27.4. The minimum absolute atomic E-state index is 0.0283. The van der Waals surface area contributed by atoms with Gasteiger partial charge in [0.15, 0.2) is 35.4 Å². The van der Waals surface area contributed by atoms with Crippen LogP contribution in [-0.2, 0) is 4.79 Å². The van der Waals surface area contributed by atoms with Gasteiger partial charge in [0, 0.05) is 36.2 Å². The molecule has 1 unspecified atom stereocenters. The second kappa shape index (κ2) is 12.3. The summed E-state index contributed by atoms with van der Waals surface area (Å²) in [7, 11) is 4.71. The standard InChI is InChI=1S/C32H35NO7/c1-36-28-14-12-22(16-30(28)38-3)27(34)20-39-26-10-6-7-24(18-26)33-19-23(17-32(33)35)21-11-13-29(37-2)31(15-21)40-25-8-4-5-9-25/h6-7,10-16,18,23,25H,4-5,8-9,17,19-20H2,1-3H3. The number of amides is 1. The molecule has 1 amide bonds. The summed E-state index contributed by atoms with van der Waals surface area (Å²) in [6, 6.07) is 18.2. The van der Waals surface area contributed by atoms with Crippen LogP contribution >= 0.6 is 0 Å². The number of carbonyl (C=O) groups excluding carboxylic acids is 2. The van der Waals surface area contributed by atoms with Crippen LogP contribution in [0.1, 0.15) is 53.9 Å². The van der Waals surface area contributed by atoms with Crippen molar-refractivity contribution in [2.75, 3.05) is 39.4 Å². The number of benzene rings is 3. The zero-order chi connectivity index (χ0) is 28.1. The van der Waals surface area contributed by atoms with Crippen molar-refractivity contribution in [1.29, 1.82) is 0 Å². The highest BCUT2D eigenvalue weighted by atomic mass is 16.5. The topological polar surface area (TPSA) is 83.5 Å². The highest BCUT2D eigenvalue weighted by Gasteiger charge is 2.32. The lowest BCUT2D eigenvalue weighted by Gasteiger charge is -2.20. The Hall–Kier alpha value is -4.20. The summed E-state index contributed by atoms with van der Waals surface area (Å²) in [5.74, 6) is 2.87. The molecule has 3 aromatic carbocycles. The zero-order valence-corrected chi connectivity index (χ0v) is 23.2. The molecule has 0 bridgehead atoms. The van der Waals surface area contributed by atoms with Crippen LogP contribution in [0.3, 0.4) is 0 Å². The Labute approximate surface area is 234 Å². The van der Waals surface area contributed by atoms with Gasteiger partial charge in [-0.25, -0.2) is 0 Å². The maximum absolute atomic E-state index is 13.1. The van der Waals surface area contributed by atoms with Gasteiger partial charge in [0.25, 0.3) is 0 Å². The first-order valence-corrected chi connectivity index (χ1v) is 13.6. The molecular weight excluding hydrogens is 510 g/mol. The number of ether oxygens (including phenoxy) is 5. The molecule has 40 heavy (non-hydrogen) atoms. The quantitative estimate of drug-likeness (QED) is 0.281. The van der Waals surface area contributed by atoms with Crippen LogP contribution < -0.4 is 28.6 Å². The molecule has 1 aliphatic carbocycles. The molecule has 2 aliphatic rings. The number of nitrogens with zero attached hydrogens (tertiary/aromatic N) is 1. The zero-order valence-electron chi connectivity index (χ0n) is 23.2. The van der Waals surface area contributed by atoms with Gasteiger partial charge in [0.1, 0.15) is 5.75 Å². The fraction of sp³-hybridized carbons (Fsp3) is 0.375. The van der Waals surface area contributed by atoms with E-state index in [-0.39, 0.29) is 30.3 Å². The van der Waals surface area contributed by atoms with E-state index in [0.29, 0.717) is 41.5 Å². The van der Waals surface area contributed by atoms with Gasteiger partial charge in [-0.15, -0.1) is 0 Å². The van der Waals surface area contributed by atoms with Gasteiger partial charge in [-0.05, 0) is 73.7 Å². The minimum Gasteiger partial charge on any atom is -0.493 e. The highest BCUT2D eigenvalue weighted by molar-refractivity contribution is 5.98. The number of anilines is 1. The van der Waals surface area contributed by atoms with Crippen molar-refractivity contribution in [3.05, 3.63) is 71.8 Å². The van der Waals surface area contributed by atoms with Crippen LogP contribution in [0.25, 0.3) is 0 Å². The number of hydrogen-bond acceptors (Lipinski definition) is 7. The van der Waals surface area contributed by atoms with Gasteiger partial charge in [-0.2, -0.15) is 0 Å². The van der Waals surface area contributed by atoms with Gasteiger partial charge in [0.2, 0.25) is 5.91 Å². The summed E-state index contributed by atoms with van der Waals surface area (Å²) in [6.07, 6.45) is 5.10. The van der Waals surface area contributed by atoms with Gasteiger partial charge >= 0.3 is 0 Å². The monoisotopic (exact) mass is 545 g/mol. The van der Waals surface area contributed by atoms with Crippen molar-refractivity contribution in [1.82, 2.24) is 0 Å². The molecule has 0 N–H and O–H groups in total. The van der Waals surface area contributed by atoms with E-state index in [4.69, 9.17) is 23.7 Å². The molecule has 210 valence electrons. The van der Waals surface area contributed by atoms with Crippen molar-refractivity contribution in [3.63, 3.8) is 0 Å². The normalized spacial score (nSPS) is 17.1. The molecule has 1 saturated heterocycles. The third-order valence-corrected chi connectivity index (χ3v) is 7.58. The number of hydrogen-bond donors (Lipinski definition) is 0. The third-order valence-electron chi connectivity index (χ3n) is 7.58. The van der Waals surface area contributed by atoms with Gasteiger partial charge in [-0.1, -0.05) is 12.1 Å². The molecule has 8 heteroatoms. The first-order valence-electron chi connectivity index (χ1n) is 13.6. The molecule has 0 radical (unpaired) electrons. The van der Waals surface area contributed by atoms with E-state index >= 15 is 0 Å². The fourth-order valence-electron chi connectivity index (χ4n) is 5.39. The van der Waals surface area contributed by atoms with Crippen molar-refractivity contribution in [3.8, 4) is 28.7 Å². The molecule has 3 aromatic rings. The fourth-order valence-corrected chi connectivity index (χ4v) is 5.39. The number of carbonyl (C=O) groups is 2. The van der Waals surface area contributed by atoms with E-state index in [1.54, 1.807) is 49.5 Å². The molecule has 1 saturated carbocycles. The molecule has 5 rings (SSSR count). The lowest BCUT2D eigenvalue weighted by molar-refractivity contribution is -0.117. The van der Waals surface area contributed by atoms with Crippen LogP contribution in [0.4, 0.5) is 5.69 Å². The predicted molar refractivity (Wildman–Crippen MR) is 151 cm³/mol. The van der Waals surface area contributed by atoms with Gasteiger partial charge < -0.3 is 28.6 Å². The number of rotatable bonds is 11. The number of methoxy groups -OCH3 is 3. The van der Waals surface area contributed by atoms with Crippen molar-refractivity contribution in [2.45, 2.75) is 44.1 Å². The van der Waals surface area contributed by atoms with Gasteiger partial charge in [-0.3, -0.25) is 9.59 Å². The van der Waals surface area contributed by atoms with E-state index in [9.17, 15) is 9.59 Å². The van der Waals surface area contributed by atoms with Crippen molar-refractivity contribution >= 4 is 17.4 Å². The molecule has 0 aromatic heterocycles. The van der Waals surface area contributed by atoms with Crippen LogP contribution in [0.5, 0.6) is 28.7 Å². The summed E-state index contributed by atoms with van der Waals surface area (Å²) < 4.78 is 28.2. The maximum Gasteiger partial charge on any atom is 0.227 e. The summed E-state index contributed by atoms with van der Waals surface area (Å²) in [5, 5.41) is 0. The molecule has 8 nitrogen and oxygen atoms in total. The molecule has 2 fully saturated rings. The van der Waals surface area contributed by atoms with Crippen LogP contribution in [0, 0.1) is 0 Å². The SMILES string of the molecule is COc1ccc(C(=O)COc2cccc(N3CC(c4ccc(OC)c(OC5CCCC5)c4)CC3=O)c2)cc1OC. The molecule has 1 atom stereocenters. The second-order valence-corrected chi connectivity index (χ2v) is 10.1. The van der Waals surface area contributed by atoms with Gasteiger partial charge in [0.05, 0.1) is 27.4 Å². The third kappa shape index (κ3) is 6.01. The summed E-state index contributed by atoms with van der Waals surface area (Å²) in [5.41, 5.74) is 2.25. The smallest absolute Gasteiger partial charge is 0.227 e. The van der Waals surface area contributed by atoms with Crippen LogP contribution in [0.2, 0.25) is 0 Å². The Morgan fingerprint density at radius 1 is 0.850 bits per heavy atom. The Morgan fingerprint density at radius 2 is 1.57 bits per heavy atom. The number of Topliss-reactive ketones (excluding diaryl/α,β-unsaturated/α-hetero) is 1. The van der Waals surface area contributed by atoms with Crippen molar-refractivity contribution < 1.29 is 33.3 Å². The van der Waals surface area contributed by atoms with E-state index in [1.165, 1.54) is 20.0 Å².